The van der Waals surface area contributed by atoms with Crippen molar-refractivity contribution < 1.29 is 9.53 Å². The van der Waals surface area contributed by atoms with Gasteiger partial charge in [0.25, 0.3) is 0 Å². The van der Waals surface area contributed by atoms with Crippen molar-refractivity contribution in [3.05, 3.63) is 71.8 Å². The van der Waals surface area contributed by atoms with E-state index in [1.54, 1.807) is 0 Å². The van der Waals surface area contributed by atoms with Crippen LogP contribution in [-0.2, 0) is 9.53 Å². The zero-order valence-corrected chi connectivity index (χ0v) is 12.3. The number of cyclic esters (lactones) is 1. The smallest absolute Gasteiger partial charge is 0.323 e. The SMILES string of the molecule is C[C@H]1C(=O)OC(c2ccccc2)C(c2ccccc2)N1C. The molecular weight excluding hydrogens is 262 g/mol. The Hall–Kier alpha value is -2.13. The van der Waals surface area contributed by atoms with Crippen LogP contribution >= 0.6 is 0 Å². The summed E-state index contributed by atoms with van der Waals surface area (Å²) in [4.78, 5) is 14.2. The van der Waals surface area contributed by atoms with E-state index in [-0.39, 0.29) is 24.2 Å². The summed E-state index contributed by atoms with van der Waals surface area (Å²) < 4.78 is 5.74. The third-order valence-corrected chi connectivity index (χ3v) is 4.19. The van der Waals surface area contributed by atoms with Crippen LogP contribution in [0, 0.1) is 0 Å². The van der Waals surface area contributed by atoms with E-state index >= 15 is 0 Å². The monoisotopic (exact) mass is 281 g/mol. The van der Waals surface area contributed by atoms with E-state index in [2.05, 4.69) is 17.0 Å². The molecule has 1 heterocycles. The summed E-state index contributed by atoms with van der Waals surface area (Å²) in [5, 5.41) is 0. The summed E-state index contributed by atoms with van der Waals surface area (Å²) in [6.07, 6.45) is -0.276. The molecule has 1 aliphatic rings. The molecule has 0 N–H and O–H groups in total. The van der Waals surface area contributed by atoms with Crippen LogP contribution < -0.4 is 0 Å². The van der Waals surface area contributed by atoms with Crippen molar-refractivity contribution in [1.29, 1.82) is 0 Å². The third kappa shape index (κ3) is 2.57. The number of ether oxygens (including phenoxy) is 1. The van der Waals surface area contributed by atoms with Gasteiger partial charge in [-0.3, -0.25) is 9.69 Å². The molecule has 0 aromatic heterocycles. The lowest BCUT2D eigenvalue weighted by Gasteiger charge is -2.42. The average molecular weight is 281 g/mol. The molecule has 2 aromatic rings. The molecular formula is C18H19NO2. The van der Waals surface area contributed by atoms with Gasteiger partial charge in [-0.05, 0) is 25.1 Å². The maximum atomic E-state index is 12.1. The number of morpholine rings is 1. The van der Waals surface area contributed by atoms with E-state index < -0.39 is 0 Å². The molecule has 21 heavy (non-hydrogen) atoms. The van der Waals surface area contributed by atoms with Gasteiger partial charge in [0.1, 0.15) is 12.1 Å². The van der Waals surface area contributed by atoms with Gasteiger partial charge in [0.15, 0.2) is 0 Å². The Morgan fingerprint density at radius 2 is 1.43 bits per heavy atom. The first-order valence-electron chi connectivity index (χ1n) is 7.21. The number of carbonyl (C=O) groups excluding carboxylic acids is 1. The highest BCUT2D eigenvalue weighted by Gasteiger charge is 2.41. The van der Waals surface area contributed by atoms with E-state index in [4.69, 9.17) is 4.74 Å². The molecule has 1 fully saturated rings. The minimum absolute atomic E-state index is 0.0290. The van der Waals surface area contributed by atoms with Crippen molar-refractivity contribution >= 4 is 5.97 Å². The van der Waals surface area contributed by atoms with Gasteiger partial charge in [-0.2, -0.15) is 0 Å². The van der Waals surface area contributed by atoms with E-state index in [1.165, 1.54) is 0 Å². The van der Waals surface area contributed by atoms with Crippen LogP contribution in [-0.4, -0.2) is 24.0 Å². The second kappa shape index (κ2) is 5.70. The van der Waals surface area contributed by atoms with E-state index in [0.717, 1.165) is 11.1 Å². The number of nitrogens with zero attached hydrogens (tertiary/aromatic N) is 1. The summed E-state index contributed by atoms with van der Waals surface area (Å²) in [5.41, 5.74) is 2.19. The number of hydrogen-bond acceptors (Lipinski definition) is 3. The molecule has 1 aliphatic heterocycles. The number of benzene rings is 2. The summed E-state index contributed by atoms with van der Waals surface area (Å²) in [6.45, 7) is 1.89. The van der Waals surface area contributed by atoms with Gasteiger partial charge in [0, 0.05) is 0 Å². The predicted octanol–water partition coefficient (Wildman–Crippen LogP) is 3.35. The van der Waals surface area contributed by atoms with E-state index in [9.17, 15) is 4.79 Å². The molecule has 0 spiro atoms. The zero-order valence-electron chi connectivity index (χ0n) is 12.3. The number of esters is 1. The minimum atomic E-state index is -0.276. The molecule has 2 unspecified atom stereocenters. The number of hydrogen-bond donors (Lipinski definition) is 0. The van der Waals surface area contributed by atoms with Crippen LogP contribution in [0.3, 0.4) is 0 Å². The highest BCUT2D eigenvalue weighted by Crippen LogP contribution is 2.40. The average Bonchev–Trinajstić information content (AvgIpc) is 2.54. The Morgan fingerprint density at radius 3 is 2.00 bits per heavy atom. The highest BCUT2D eigenvalue weighted by molar-refractivity contribution is 5.76. The predicted molar refractivity (Wildman–Crippen MR) is 81.7 cm³/mol. The fourth-order valence-electron chi connectivity index (χ4n) is 2.86. The van der Waals surface area contributed by atoms with Crippen LogP contribution in [0.15, 0.2) is 60.7 Å². The van der Waals surface area contributed by atoms with Gasteiger partial charge < -0.3 is 4.74 Å². The second-order valence-electron chi connectivity index (χ2n) is 5.47. The Morgan fingerprint density at radius 1 is 0.905 bits per heavy atom. The van der Waals surface area contributed by atoms with Gasteiger partial charge in [0.2, 0.25) is 0 Å². The Labute approximate surface area is 125 Å². The van der Waals surface area contributed by atoms with Crippen LogP contribution in [0.25, 0.3) is 0 Å². The van der Waals surface area contributed by atoms with Gasteiger partial charge >= 0.3 is 5.97 Å². The molecule has 3 rings (SSSR count). The van der Waals surface area contributed by atoms with Gasteiger partial charge in [-0.25, -0.2) is 0 Å². The summed E-state index contributed by atoms with van der Waals surface area (Å²) in [6, 6.07) is 19.9. The largest absolute Gasteiger partial charge is 0.454 e. The number of rotatable bonds is 2. The summed E-state index contributed by atoms with van der Waals surface area (Å²) in [5.74, 6) is -0.168. The van der Waals surface area contributed by atoms with Crippen molar-refractivity contribution in [1.82, 2.24) is 4.90 Å². The van der Waals surface area contributed by atoms with Crippen LogP contribution in [0.5, 0.6) is 0 Å². The lowest BCUT2D eigenvalue weighted by atomic mass is 9.92. The van der Waals surface area contributed by atoms with Crippen molar-refractivity contribution in [2.75, 3.05) is 7.05 Å². The molecule has 0 bridgehead atoms. The lowest BCUT2D eigenvalue weighted by molar-refractivity contribution is -0.172. The molecule has 0 radical (unpaired) electrons. The van der Waals surface area contributed by atoms with Crippen molar-refractivity contribution in [3.8, 4) is 0 Å². The molecule has 3 atom stereocenters. The Balaban J connectivity index is 2.04. The first-order chi connectivity index (χ1) is 10.2. The Kier molecular flexibility index (Phi) is 3.76. The molecule has 3 heteroatoms. The van der Waals surface area contributed by atoms with Crippen molar-refractivity contribution in [2.24, 2.45) is 0 Å². The van der Waals surface area contributed by atoms with Crippen LogP contribution in [0.4, 0.5) is 0 Å². The second-order valence-corrected chi connectivity index (χ2v) is 5.47. The molecule has 1 saturated heterocycles. The maximum Gasteiger partial charge on any atom is 0.323 e. The van der Waals surface area contributed by atoms with Gasteiger partial charge in [0.05, 0.1) is 6.04 Å². The standard InChI is InChI=1S/C18H19NO2/c1-13-18(20)21-17(15-11-7-4-8-12-15)16(19(13)2)14-9-5-3-6-10-14/h3-13,16-17H,1-2H3/t13-,16?,17?/m0/s1. The number of carbonyl (C=O) groups is 1. The topological polar surface area (TPSA) is 29.5 Å². The third-order valence-electron chi connectivity index (χ3n) is 4.19. The van der Waals surface area contributed by atoms with Gasteiger partial charge in [-0.15, -0.1) is 0 Å². The fraction of sp³-hybridized carbons (Fsp3) is 0.278. The fourth-order valence-corrected chi connectivity index (χ4v) is 2.86. The first-order valence-corrected chi connectivity index (χ1v) is 7.21. The lowest BCUT2D eigenvalue weighted by Crippen LogP contribution is -2.48. The molecule has 2 aromatic carbocycles. The Bertz CT molecular complexity index is 612. The zero-order chi connectivity index (χ0) is 14.8. The first kappa shape index (κ1) is 13.8. The number of likely N-dealkylation sites (N-methyl/N-ethyl adjacent to an activating group) is 1. The van der Waals surface area contributed by atoms with Crippen molar-refractivity contribution in [2.45, 2.75) is 25.1 Å². The maximum absolute atomic E-state index is 12.1. The molecule has 0 saturated carbocycles. The van der Waals surface area contributed by atoms with Crippen LogP contribution in [0.1, 0.15) is 30.2 Å². The highest BCUT2D eigenvalue weighted by atomic mass is 16.5. The molecule has 108 valence electrons. The van der Waals surface area contributed by atoms with E-state index in [0.29, 0.717) is 0 Å². The van der Waals surface area contributed by atoms with Crippen LogP contribution in [0.2, 0.25) is 0 Å². The normalized spacial score (nSPS) is 26.4. The van der Waals surface area contributed by atoms with Crippen molar-refractivity contribution in [3.63, 3.8) is 0 Å². The van der Waals surface area contributed by atoms with E-state index in [1.807, 2.05) is 62.5 Å². The minimum Gasteiger partial charge on any atom is -0.454 e. The molecule has 0 aliphatic carbocycles. The quantitative estimate of drug-likeness (QED) is 0.791. The van der Waals surface area contributed by atoms with Gasteiger partial charge in [-0.1, -0.05) is 60.7 Å². The summed E-state index contributed by atoms with van der Waals surface area (Å²) in [7, 11) is 1.98. The molecule has 3 nitrogen and oxygen atoms in total. The summed E-state index contributed by atoms with van der Waals surface area (Å²) >= 11 is 0. The molecule has 0 amide bonds.